The number of nitrogens with zero attached hydrogens (tertiary/aromatic N) is 4. The molecule has 2 aromatic heterocycles. The quantitative estimate of drug-likeness (QED) is 0.501. The van der Waals surface area contributed by atoms with Crippen molar-refractivity contribution in [2.24, 2.45) is 0 Å². The molecule has 2 fully saturated rings. The van der Waals surface area contributed by atoms with E-state index in [2.05, 4.69) is 32.1 Å². The van der Waals surface area contributed by atoms with Gasteiger partial charge in [0.25, 0.3) is 0 Å². The van der Waals surface area contributed by atoms with E-state index in [-0.39, 0.29) is 5.75 Å². The minimum atomic E-state index is -3.18. The van der Waals surface area contributed by atoms with Crippen LogP contribution in [0.15, 0.2) is 30.5 Å². The van der Waals surface area contributed by atoms with E-state index in [0.29, 0.717) is 29.0 Å². The number of rotatable bonds is 7. The predicted octanol–water partition coefficient (Wildman–Crippen LogP) is 2.54. The number of aromatic nitrogens is 3. The van der Waals surface area contributed by atoms with Crippen LogP contribution in [0.25, 0.3) is 5.65 Å². The third-order valence-electron chi connectivity index (χ3n) is 5.85. The topological polar surface area (TPSA) is 124 Å². The first kappa shape index (κ1) is 20.7. The highest BCUT2D eigenvalue weighted by atomic mass is 32.2. The SMILES string of the molecule is CS(=O)(=O)Cc1cc(Nc2cc(NC3CC3)n3ncc(C#N)c3n2)ccc1[C@H]1CCNC1. The van der Waals surface area contributed by atoms with Crippen molar-refractivity contribution in [1.29, 1.82) is 5.26 Å². The zero-order valence-corrected chi connectivity index (χ0v) is 18.6. The van der Waals surface area contributed by atoms with Crippen LogP contribution in [0.4, 0.5) is 17.3 Å². The summed E-state index contributed by atoms with van der Waals surface area (Å²) >= 11 is 0. The number of hydrogen-bond donors (Lipinski definition) is 3. The number of nitriles is 1. The highest BCUT2D eigenvalue weighted by Crippen LogP contribution is 2.31. The van der Waals surface area contributed by atoms with Crippen LogP contribution in [0.5, 0.6) is 0 Å². The molecular formula is C22H25N7O2S. The van der Waals surface area contributed by atoms with E-state index < -0.39 is 9.84 Å². The summed E-state index contributed by atoms with van der Waals surface area (Å²) in [4.78, 5) is 4.59. The van der Waals surface area contributed by atoms with Crippen molar-refractivity contribution in [3.8, 4) is 6.07 Å². The monoisotopic (exact) mass is 451 g/mol. The molecule has 3 aromatic rings. The molecule has 0 spiro atoms. The molecule has 1 saturated heterocycles. The van der Waals surface area contributed by atoms with E-state index in [1.807, 2.05) is 24.3 Å². The second-order valence-electron chi connectivity index (χ2n) is 8.65. The van der Waals surface area contributed by atoms with E-state index >= 15 is 0 Å². The van der Waals surface area contributed by atoms with Crippen LogP contribution >= 0.6 is 0 Å². The minimum absolute atomic E-state index is 0.00347. The Morgan fingerprint density at radius 3 is 2.81 bits per heavy atom. The number of benzene rings is 1. The van der Waals surface area contributed by atoms with Gasteiger partial charge in [-0.05, 0) is 55.0 Å². The first-order valence-electron chi connectivity index (χ1n) is 10.7. The molecule has 5 rings (SSSR count). The van der Waals surface area contributed by atoms with Crippen molar-refractivity contribution < 1.29 is 8.42 Å². The Labute approximate surface area is 186 Å². The fraction of sp³-hybridized carbons (Fsp3) is 0.409. The molecule has 166 valence electrons. The molecule has 32 heavy (non-hydrogen) atoms. The van der Waals surface area contributed by atoms with Crippen molar-refractivity contribution in [3.05, 3.63) is 47.2 Å². The molecule has 3 heterocycles. The summed E-state index contributed by atoms with van der Waals surface area (Å²) in [6.07, 6.45) is 5.98. The molecule has 3 N–H and O–H groups in total. The lowest BCUT2D eigenvalue weighted by molar-refractivity contribution is 0.600. The van der Waals surface area contributed by atoms with Gasteiger partial charge in [-0.1, -0.05) is 6.07 Å². The maximum Gasteiger partial charge on any atom is 0.177 e. The largest absolute Gasteiger partial charge is 0.367 e. The average molecular weight is 452 g/mol. The molecule has 10 heteroatoms. The van der Waals surface area contributed by atoms with E-state index in [1.54, 1.807) is 4.52 Å². The van der Waals surface area contributed by atoms with E-state index in [9.17, 15) is 13.7 Å². The van der Waals surface area contributed by atoms with Gasteiger partial charge in [-0.2, -0.15) is 14.9 Å². The molecule has 1 atom stereocenters. The van der Waals surface area contributed by atoms with Gasteiger partial charge in [-0.3, -0.25) is 0 Å². The lowest BCUT2D eigenvalue weighted by atomic mass is 9.93. The van der Waals surface area contributed by atoms with Gasteiger partial charge in [0.05, 0.1) is 11.9 Å². The van der Waals surface area contributed by atoms with Gasteiger partial charge >= 0.3 is 0 Å². The Hall–Kier alpha value is -3.16. The molecule has 1 aliphatic heterocycles. The zero-order chi connectivity index (χ0) is 22.3. The van der Waals surface area contributed by atoms with Crippen molar-refractivity contribution in [1.82, 2.24) is 19.9 Å². The van der Waals surface area contributed by atoms with Gasteiger partial charge in [0.15, 0.2) is 15.5 Å². The fourth-order valence-corrected chi connectivity index (χ4v) is 5.02. The van der Waals surface area contributed by atoms with Crippen LogP contribution in [0, 0.1) is 11.3 Å². The van der Waals surface area contributed by atoms with Gasteiger partial charge < -0.3 is 16.0 Å². The second kappa shape index (κ2) is 8.07. The lowest BCUT2D eigenvalue weighted by Gasteiger charge is -2.17. The maximum atomic E-state index is 12.1. The predicted molar refractivity (Wildman–Crippen MR) is 123 cm³/mol. The summed E-state index contributed by atoms with van der Waals surface area (Å²) in [5, 5.41) is 23.8. The molecule has 9 nitrogen and oxygen atoms in total. The Morgan fingerprint density at radius 1 is 1.28 bits per heavy atom. The summed E-state index contributed by atoms with van der Waals surface area (Å²) < 4.78 is 25.8. The van der Waals surface area contributed by atoms with E-state index in [1.165, 1.54) is 12.5 Å². The van der Waals surface area contributed by atoms with Gasteiger partial charge in [0.2, 0.25) is 0 Å². The molecule has 1 saturated carbocycles. The van der Waals surface area contributed by atoms with Crippen molar-refractivity contribution in [3.63, 3.8) is 0 Å². The summed E-state index contributed by atoms with van der Waals surface area (Å²) in [6, 6.07) is 10.3. The molecule has 0 amide bonds. The van der Waals surface area contributed by atoms with Gasteiger partial charge in [-0.15, -0.1) is 0 Å². The van der Waals surface area contributed by atoms with Crippen LogP contribution in [0.1, 0.15) is 41.9 Å². The number of sulfone groups is 1. The van der Waals surface area contributed by atoms with Crippen LogP contribution < -0.4 is 16.0 Å². The van der Waals surface area contributed by atoms with E-state index in [4.69, 9.17) is 0 Å². The van der Waals surface area contributed by atoms with Gasteiger partial charge in [-0.25, -0.2) is 13.4 Å². The fourth-order valence-electron chi connectivity index (χ4n) is 4.20. The van der Waals surface area contributed by atoms with Crippen LogP contribution in [-0.2, 0) is 15.6 Å². The maximum absolute atomic E-state index is 12.1. The molecule has 1 aliphatic carbocycles. The Kier molecular flexibility index (Phi) is 5.23. The first-order chi connectivity index (χ1) is 15.4. The minimum Gasteiger partial charge on any atom is -0.367 e. The average Bonchev–Trinajstić information content (AvgIpc) is 3.22. The van der Waals surface area contributed by atoms with Crippen LogP contribution in [0.2, 0.25) is 0 Å². The number of hydrogen-bond acceptors (Lipinski definition) is 8. The van der Waals surface area contributed by atoms with Gasteiger partial charge in [0, 0.05) is 30.6 Å². The molecule has 2 aliphatic rings. The summed E-state index contributed by atoms with van der Waals surface area (Å²) in [5.74, 6) is 1.65. The normalized spacial score (nSPS) is 18.6. The van der Waals surface area contributed by atoms with Gasteiger partial charge in [0.1, 0.15) is 23.3 Å². The molecule has 1 aromatic carbocycles. The highest BCUT2D eigenvalue weighted by Gasteiger charge is 2.24. The van der Waals surface area contributed by atoms with Crippen molar-refractivity contribution >= 4 is 32.8 Å². The number of nitrogens with one attached hydrogen (secondary N) is 3. The lowest BCUT2D eigenvalue weighted by Crippen LogP contribution is -2.12. The van der Waals surface area contributed by atoms with Crippen LogP contribution in [-0.4, -0.2) is 48.4 Å². The van der Waals surface area contributed by atoms with E-state index in [0.717, 1.165) is 55.0 Å². The standard InChI is InChI=1S/C22H25N7O2S/c1-32(30,31)13-15-8-18(4-5-19(15)14-6-7-24-11-14)26-20-9-21(27-17-2-3-17)29-22(28-20)16(10-23)12-25-29/h4-5,8-9,12,14,17,24,27H,2-3,6-7,11,13H2,1H3,(H,26,28)/t14-/m0/s1. The summed E-state index contributed by atoms with van der Waals surface area (Å²) in [5.41, 5.74) is 3.52. The van der Waals surface area contributed by atoms with Crippen molar-refractivity contribution in [2.45, 2.75) is 37.0 Å². The third-order valence-corrected chi connectivity index (χ3v) is 6.69. The Morgan fingerprint density at radius 2 is 2.12 bits per heavy atom. The Bertz CT molecular complexity index is 1320. The molecule has 0 radical (unpaired) electrons. The Balaban J connectivity index is 1.51. The van der Waals surface area contributed by atoms with Crippen molar-refractivity contribution in [2.75, 3.05) is 30.0 Å². The summed E-state index contributed by atoms with van der Waals surface area (Å²) in [7, 11) is -3.18. The highest BCUT2D eigenvalue weighted by molar-refractivity contribution is 7.89. The molecular weight excluding hydrogens is 426 g/mol. The number of fused-ring (bicyclic) bond motifs is 1. The molecule has 0 bridgehead atoms. The smallest absolute Gasteiger partial charge is 0.177 e. The number of anilines is 3. The van der Waals surface area contributed by atoms with Crippen LogP contribution in [0.3, 0.4) is 0 Å². The summed E-state index contributed by atoms with van der Waals surface area (Å²) in [6.45, 7) is 1.80. The second-order valence-corrected chi connectivity index (χ2v) is 10.8. The third kappa shape index (κ3) is 4.40. The zero-order valence-electron chi connectivity index (χ0n) is 17.8. The molecule has 0 unspecified atom stereocenters. The first-order valence-corrected chi connectivity index (χ1v) is 12.8.